The summed E-state index contributed by atoms with van der Waals surface area (Å²) >= 11 is 0. The largest absolute Gasteiger partial charge is 0.314 e. The maximum absolute atomic E-state index is 3.42. The highest BCUT2D eigenvalue weighted by Gasteiger charge is 2.16. The minimum Gasteiger partial charge on any atom is -0.314 e. The first-order valence-electron chi connectivity index (χ1n) is 7.54. The van der Waals surface area contributed by atoms with Gasteiger partial charge in [-0.3, -0.25) is 4.90 Å². The van der Waals surface area contributed by atoms with E-state index in [4.69, 9.17) is 0 Å². The van der Waals surface area contributed by atoms with Crippen LogP contribution in [0.25, 0.3) is 0 Å². The van der Waals surface area contributed by atoms with Crippen LogP contribution in [0.2, 0.25) is 0 Å². The molecule has 0 radical (unpaired) electrons. The quantitative estimate of drug-likeness (QED) is 0.859. The zero-order valence-corrected chi connectivity index (χ0v) is 13.9. The standard InChI is InChI=1S/C14H29N3.2ClH/c1-2-14-4-3-8-16(9-5-14)12-13-17-10-6-15-7-11-17;;/h14-15H,2-13H2,1H3;2*1H. The van der Waals surface area contributed by atoms with E-state index in [1.54, 1.807) is 0 Å². The molecule has 5 heteroatoms. The van der Waals surface area contributed by atoms with E-state index in [0.29, 0.717) is 0 Å². The number of rotatable bonds is 4. The number of piperazine rings is 1. The van der Waals surface area contributed by atoms with Crippen LogP contribution < -0.4 is 5.32 Å². The molecule has 2 fully saturated rings. The molecule has 0 spiro atoms. The van der Waals surface area contributed by atoms with Crippen LogP contribution in [-0.2, 0) is 0 Å². The van der Waals surface area contributed by atoms with Crippen molar-refractivity contribution >= 4 is 24.8 Å². The molecule has 0 saturated carbocycles. The molecule has 1 atom stereocenters. The van der Waals surface area contributed by atoms with Crippen molar-refractivity contribution in [2.75, 3.05) is 52.4 Å². The van der Waals surface area contributed by atoms with Crippen LogP contribution in [-0.4, -0.2) is 62.2 Å². The molecular weight excluding hydrogens is 281 g/mol. The zero-order valence-electron chi connectivity index (χ0n) is 12.3. The van der Waals surface area contributed by atoms with Crippen molar-refractivity contribution in [3.8, 4) is 0 Å². The minimum absolute atomic E-state index is 0. The predicted octanol–water partition coefficient (Wildman–Crippen LogP) is 2.25. The summed E-state index contributed by atoms with van der Waals surface area (Å²) in [5.74, 6) is 0.999. The summed E-state index contributed by atoms with van der Waals surface area (Å²) in [4.78, 5) is 5.30. The van der Waals surface area contributed by atoms with Crippen LogP contribution in [0.5, 0.6) is 0 Å². The lowest BCUT2D eigenvalue weighted by atomic mass is 9.98. The number of nitrogens with one attached hydrogen (secondary N) is 1. The smallest absolute Gasteiger partial charge is 0.0110 e. The number of hydrogen-bond acceptors (Lipinski definition) is 3. The summed E-state index contributed by atoms with van der Waals surface area (Å²) in [7, 11) is 0. The second-order valence-electron chi connectivity index (χ2n) is 5.64. The highest BCUT2D eigenvalue weighted by atomic mass is 35.5. The monoisotopic (exact) mass is 311 g/mol. The van der Waals surface area contributed by atoms with Gasteiger partial charge in [0.2, 0.25) is 0 Å². The number of nitrogens with zero attached hydrogens (tertiary/aromatic N) is 2. The molecule has 3 nitrogen and oxygen atoms in total. The third-order valence-electron chi connectivity index (χ3n) is 4.46. The van der Waals surface area contributed by atoms with E-state index in [2.05, 4.69) is 22.0 Å². The van der Waals surface area contributed by atoms with Gasteiger partial charge in [0.1, 0.15) is 0 Å². The Labute approximate surface area is 131 Å². The highest BCUT2D eigenvalue weighted by Crippen LogP contribution is 2.19. The van der Waals surface area contributed by atoms with Crippen molar-refractivity contribution in [1.29, 1.82) is 0 Å². The first-order chi connectivity index (χ1) is 8.38. The number of hydrogen-bond donors (Lipinski definition) is 1. The average Bonchev–Trinajstić information content (AvgIpc) is 2.62. The Morgan fingerprint density at radius 1 is 0.895 bits per heavy atom. The van der Waals surface area contributed by atoms with Crippen LogP contribution in [0.1, 0.15) is 32.6 Å². The molecule has 0 aromatic rings. The maximum Gasteiger partial charge on any atom is 0.0110 e. The summed E-state index contributed by atoms with van der Waals surface area (Å²) in [6, 6.07) is 0. The fraction of sp³-hybridized carbons (Fsp3) is 1.00. The van der Waals surface area contributed by atoms with E-state index in [1.165, 1.54) is 78.0 Å². The van der Waals surface area contributed by atoms with Crippen molar-refractivity contribution in [3.63, 3.8) is 0 Å². The van der Waals surface area contributed by atoms with Gasteiger partial charge in [-0.2, -0.15) is 0 Å². The summed E-state index contributed by atoms with van der Waals surface area (Å²) in [5.41, 5.74) is 0. The molecule has 0 amide bonds. The summed E-state index contributed by atoms with van der Waals surface area (Å²) in [6.45, 7) is 12.4. The van der Waals surface area contributed by atoms with Crippen LogP contribution in [0.3, 0.4) is 0 Å². The zero-order chi connectivity index (χ0) is 11.9. The minimum atomic E-state index is 0. The van der Waals surface area contributed by atoms with Gasteiger partial charge in [0.05, 0.1) is 0 Å². The second-order valence-corrected chi connectivity index (χ2v) is 5.64. The maximum atomic E-state index is 3.42. The van der Waals surface area contributed by atoms with E-state index in [-0.39, 0.29) is 24.8 Å². The van der Waals surface area contributed by atoms with Crippen molar-refractivity contribution in [2.24, 2.45) is 5.92 Å². The van der Waals surface area contributed by atoms with Crippen molar-refractivity contribution in [2.45, 2.75) is 32.6 Å². The summed E-state index contributed by atoms with van der Waals surface area (Å²) < 4.78 is 0. The van der Waals surface area contributed by atoms with Crippen LogP contribution in [0.4, 0.5) is 0 Å². The first-order valence-corrected chi connectivity index (χ1v) is 7.54. The van der Waals surface area contributed by atoms with Gasteiger partial charge >= 0.3 is 0 Å². The summed E-state index contributed by atoms with van der Waals surface area (Å²) in [6.07, 6.45) is 5.68. The SMILES string of the molecule is CCC1CCCN(CCN2CCNCC2)CC1.Cl.Cl. The molecule has 2 rings (SSSR count). The van der Waals surface area contributed by atoms with Gasteiger partial charge in [0.25, 0.3) is 0 Å². The Morgan fingerprint density at radius 3 is 2.16 bits per heavy atom. The molecule has 2 saturated heterocycles. The Hall–Kier alpha value is 0.460. The second kappa shape index (κ2) is 11.2. The van der Waals surface area contributed by atoms with Crippen molar-refractivity contribution in [3.05, 3.63) is 0 Å². The van der Waals surface area contributed by atoms with Gasteiger partial charge in [-0.15, -0.1) is 24.8 Å². The summed E-state index contributed by atoms with van der Waals surface area (Å²) in [5, 5.41) is 3.42. The molecule has 2 aliphatic rings. The van der Waals surface area contributed by atoms with Gasteiger partial charge in [-0.25, -0.2) is 0 Å². The van der Waals surface area contributed by atoms with E-state index in [1.807, 2.05) is 0 Å². The highest BCUT2D eigenvalue weighted by molar-refractivity contribution is 5.85. The van der Waals surface area contributed by atoms with Gasteiger partial charge in [-0.1, -0.05) is 13.3 Å². The molecule has 0 aromatic carbocycles. The average molecular weight is 312 g/mol. The lowest BCUT2D eigenvalue weighted by Crippen LogP contribution is -2.46. The molecule has 19 heavy (non-hydrogen) atoms. The van der Waals surface area contributed by atoms with Crippen molar-refractivity contribution < 1.29 is 0 Å². The number of halogens is 2. The van der Waals surface area contributed by atoms with Gasteiger partial charge < -0.3 is 10.2 Å². The molecule has 0 bridgehead atoms. The normalized spacial score (nSPS) is 26.1. The number of likely N-dealkylation sites (tertiary alicyclic amines) is 1. The Balaban J connectivity index is 0.00000162. The lowest BCUT2D eigenvalue weighted by Gasteiger charge is -2.30. The fourth-order valence-corrected chi connectivity index (χ4v) is 3.07. The van der Waals surface area contributed by atoms with Crippen molar-refractivity contribution in [1.82, 2.24) is 15.1 Å². The van der Waals surface area contributed by atoms with Gasteiger partial charge in [-0.05, 0) is 38.3 Å². The topological polar surface area (TPSA) is 18.5 Å². The van der Waals surface area contributed by atoms with Gasteiger partial charge in [0.15, 0.2) is 0 Å². The fourth-order valence-electron chi connectivity index (χ4n) is 3.07. The molecule has 1 N–H and O–H groups in total. The molecule has 2 heterocycles. The molecule has 2 aliphatic heterocycles. The lowest BCUT2D eigenvalue weighted by molar-refractivity contribution is 0.190. The Bertz CT molecular complexity index is 211. The van der Waals surface area contributed by atoms with Crippen LogP contribution >= 0.6 is 24.8 Å². The van der Waals surface area contributed by atoms with E-state index < -0.39 is 0 Å². The molecule has 0 aliphatic carbocycles. The molecule has 1 unspecified atom stereocenters. The molecular formula is C14H31Cl2N3. The van der Waals surface area contributed by atoms with E-state index in [0.717, 1.165) is 5.92 Å². The van der Waals surface area contributed by atoms with E-state index >= 15 is 0 Å². The van der Waals surface area contributed by atoms with Gasteiger partial charge in [0, 0.05) is 39.3 Å². The van der Waals surface area contributed by atoms with E-state index in [9.17, 15) is 0 Å². The Kier molecular flexibility index (Phi) is 11.4. The first kappa shape index (κ1) is 19.5. The van der Waals surface area contributed by atoms with Crippen LogP contribution in [0, 0.1) is 5.92 Å². The third-order valence-corrected chi connectivity index (χ3v) is 4.46. The van der Waals surface area contributed by atoms with Crippen LogP contribution in [0.15, 0.2) is 0 Å². The molecule has 0 aromatic heterocycles. The Morgan fingerprint density at radius 2 is 1.53 bits per heavy atom. The third kappa shape index (κ3) is 7.14. The molecule has 116 valence electrons. The predicted molar refractivity (Wildman–Crippen MR) is 87.9 cm³/mol.